The number of rotatable bonds is 8. The SMILES string of the molecule is CCc1ccc(N2C[C@@H](C(=O)NNc3cccc(OCc4ccc(F)cc4)c3)CC2=O)cc1. The normalized spacial score (nSPS) is 15.4. The van der Waals surface area contributed by atoms with Crippen LogP contribution < -0.4 is 20.5 Å². The van der Waals surface area contributed by atoms with Gasteiger partial charge in [0.25, 0.3) is 0 Å². The van der Waals surface area contributed by atoms with Crippen LogP contribution in [0.2, 0.25) is 0 Å². The average molecular weight is 448 g/mol. The number of ether oxygens (including phenoxy) is 1. The Morgan fingerprint density at radius 3 is 2.52 bits per heavy atom. The molecule has 0 unspecified atom stereocenters. The highest BCUT2D eigenvalue weighted by Gasteiger charge is 2.35. The van der Waals surface area contributed by atoms with Crippen LogP contribution in [0.4, 0.5) is 15.8 Å². The van der Waals surface area contributed by atoms with E-state index in [0.29, 0.717) is 24.6 Å². The van der Waals surface area contributed by atoms with Gasteiger partial charge in [0.1, 0.15) is 18.2 Å². The molecule has 0 bridgehead atoms. The molecule has 1 heterocycles. The van der Waals surface area contributed by atoms with Crippen LogP contribution in [0.25, 0.3) is 0 Å². The van der Waals surface area contributed by atoms with Crippen LogP contribution in [0.15, 0.2) is 72.8 Å². The van der Waals surface area contributed by atoms with Crippen LogP contribution in [-0.2, 0) is 22.6 Å². The van der Waals surface area contributed by atoms with E-state index in [1.807, 2.05) is 24.3 Å². The van der Waals surface area contributed by atoms with Crippen LogP contribution >= 0.6 is 0 Å². The summed E-state index contributed by atoms with van der Waals surface area (Å²) in [6.45, 7) is 2.73. The average Bonchev–Trinajstić information content (AvgIpc) is 3.24. The van der Waals surface area contributed by atoms with Gasteiger partial charge in [-0.2, -0.15) is 0 Å². The van der Waals surface area contributed by atoms with Crippen molar-refractivity contribution in [3.05, 3.63) is 89.7 Å². The van der Waals surface area contributed by atoms with Crippen molar-refractivity contribution in [1.29, 1.82) is 0 Å². The summed E-state index contributed by atoms with van der Waals surface area (Å²) in [7, 11) is 0. The lowest BCUT2D eigenvalue weighted by molar-refractivity contribution is -0.125. The predicted octanol–water partition coefficient (Wildman–Crippen LogP) is 4.46. The van der Waals surface area contributed by atoms with Gasteiger partial charge >= 0.3 is 0 Å². The monoisotopic (exact) mass is 447 g/mol. The van der Waals surface area contributed by atoms with Crippen molar-refractivity contribution < 1.29 is 18.7 Å². The van der Waals surface area contributed by atoms with Crippen LogP contribution in [-0.4, -0.2) is 18.4 Å². The largest absolute Gasteiger partial charge is 0.489 e. The number of carbonyl (C=O) groups is 2. The molecular formula is C26H26FN3O3. The van der Waals surface area contributed by atoms with Crippen LogP contribution in [0.5, 0.6) is 5.75 Å². The zero-order chi connectivity index (χ0) is 23.2. The smallest absolute Gasteiger partial charge is 0.243 e. The number of carbonyl (C=O) groups excluding carboxylic acids is 2. The lowest BCUT2D eigenvalue weighted by Gasteiger charge is -2.17. The van der Waals surface area contributed by atoms with Crippen molar-refractivity contribution in [3.8, 4) is 5.75 Å². The van der Waals surface area contributed by atoms with Gasteiger partial charge in [-0.3, -0.25) is 20.4 Å². The Morgan fingerprint density at radius 1 is 1.06 bits per heavy atom. The van der Waals surface area contributed by atoms with E-state index < -0.39 is 5.92 Å². The van der Waals surface area contributed by atoms with Crippen LogP contribution in [0.3, 0.4) is 0 Å². The number of nitrogens with one attached hydrogen (secondary N) is 2. The Bertz CT molecular complexity index is 1120. The highest BCUT2D eigenvalue weighted by Crippen LogP contribution is 2.26. The molecule has 33 heavy (non-hydrogen) atoms. The van der Waals surface area contributed by atoms with E-state index in [1.54, 1.807) is 41.3 Å². The zero-order valence-corrected chi connectivity index (χ0v) is 18.4. The Balaban J connectivity index is 1.30. The molecule has 1 aliphatic heterocycles. The van der Waals surface area contributed by atoms with E-state index in [9.17, 15) is 14.0 Å². The van der Waals surface area contributed by atoms with E-state index in [0.717, 1.165) is 17.7 Å². The van der Waals surface area contributed by atoms with Gasteiger partial charge in [0.2, 0.25) is 11.8 Å². The zero-order valence-electron chi connectivity index (χ0n) is 18.4. The number of amides is 2. The van der Waals surface area contributed by atoms with Crippen molar-refractivity contribution in [2.45, 2.75) is 26.4 Å². The number of hydrogen-bond acceptors (Lipinski definition) is 4. The lowest BCUT2D eigenvalue weighted by Crippen LogP contribution is -2.36. The van der Waals surface area contributed by atoms with E-state index in [2.05, 4.69) is 17.8 Å². The first-order valence-electron chi connectivity index (χ1n) is 10.9. The van der Waals surface area contributed by atoms with Crippen molar-refractivity contribution >= 4 is 23.2 Å². The van der Waals surface area contributed by atoms with Gasteiger partial charge in [0, 0.05) is 24.7 Å². The number of anilines is 2. The van der Waals surface area contributed by atoms with Gasteiger partial charge in [-0.25, -0.2) is 4.39 Å². The summed E-state index contributed by atoms with van der Waals surface area (Å²) in [5, 5.41) is 0. The van der Waals surface area contributed by atoms with Gasteiger partial charge < -0.3 is 9.64 Å². The Hall–Kier alpha value is -3.87. The number of halogens is 1. The highest BCUT2D eigenvalue weighted by molar-refractivity contribution is 6.00. The molecule has 7 heteroatoms. The number of nitrogens with zero attached hydrogens (tertiary/aromatic N) is 1. The molecule has 0 aliphatic carbocycles. The quantitative estimate of drug-likeness (QED) is 0.500. The number of benzene rings is 3. The molecule has 3 aromatic carbocycles. The van der Waals surface area contributed by atoms with E-state index in [4.69, 9.17) is 4.74 Å². The fourth-order valence-electron chi connectivity index (χ4n) is 3.69. The van der Waals surface area contributed by atoms with Gasteiger partial charge in [0.05, 0.1) is 11.6 Å². The fourth-order valence-corrected chi connectivity index (χ4v) is 3.69. The molecule has 170 valence electrons. The third kappa shape index (κ3) is 5.68. The maximum absolute atomic E-state index is 13.0. The molecular weight excluding hydrogens is 421 g/mol. The second kappa shape index (κ2) is 10.2. The molecule has 3 aromatic rings. The number of hydrogen-bond donors (Lipinski definition) is 2. The summed E-state index contributed by atoms with van der Waals surface area (Å²) < 4.78 is 18.8. The predicted molar refractivity (Wildman–Crippen MR) is 125 cm³/mol. The second-order valence-corrected chi connectivity index (χ2v) is 7.98. The lowest BCUT2D eigenvalue weighted by atomic mass is 10.1. The van der Waals surface area contributed by atoms with Crippen molar-refractivity contribution in [2.24, 2.45) is 5.92 Å². The fraction of sp³-hybridized carbons (Fsp3) is 0.231. The maximum Gasteiger partial charge on any atom is 0.243 e. The first-order valence-corrected chi connectivity index (χ1v) is 10.9. The molecule has 6 nitrogen and oxygen atoms in total. The molecule has 0 spiro atoms. The van der Waals surface area contributed by atoms with Gasteiger partial charge in [-0.15, -0.1) is 0 Å². The molecule has 0 radical (unpaired) electrons. The van der Waals surface area contributed by atoms with Gasteiger partial charge in [-0.1, -0.05) is 37.3 Å². The van der Waals surface area contributed by atoms with Crippen molar-refractivity contribution in [2.75, 3.05) is 16.9 Å². The Morgan fingerprint density at radius 2 is 1.79 bits per heavy atom. The second-order valence-electron chi connectivity index (χ2n) is 7.98. The summed E-state index contributed by atoms with van der Waals surface area (Å²) in [6, 6.07) is 21.1. The first kappa shape index (κ1) is 22.3. The van der Waals surface area contributed by atoms with E-state index in [-0.39, 0.29) is 24.1 Å². The standard InChI is InChI=1S/C26H26FN3O3/c1-2-18-8-12-23(13-9-18)30-16-20(14-25(30)31)26(32)29-28-22-4-3-5-24(15-22)33-17-19-6-10-21(27)11-7-19/h3-13,15,20,28H,2,14,16-17H2,1H3,(H,29,32)/t20-/m0/s1. The van der Waals surface area contributed by atoms with Crippen LogP contribution in [0, 0.1) is 11.7 Å². The number of aryl methyl sites for hydroxylation is 1. The van der Waals surface area contributed by atoms with Crippen molar-refractivity contribution in [1.82, 2.24) is 5.43 Å². The third-order valence-electron chi connectivity index (χ3n) is 5.63. The van der Waals surface area contributed by atoms with Gasteiger partial charge in [-0.05, 0) is 53.9 Å². The molecule has 0 aromatic heterocycles. The summed E-state index contributed by atoms with van der Waals surface area (Å²) in [6.07, 6.45) is 1.10. The topological polar surface area (TPSA) is 70.7 Å². The first-order chi connectivity index (χ1) is 16.0. The van der Waals surface area contributed by atoms with Gasteiger partial charge in [0.15, 0.2) is 0 Å². The minimum absolute atomic E-state index is 0.0596. The third-order valence-corrected chi connectivity index (χ3v) is 5.63. The molecule has 1 saturated heterocycles. The molecule has 2 amide bonds. The Labute approximate surface area is 192 Å². The highest BCUT2D eigenvalue weighted by atomic mass is 19.1. The van der Waals surface area contributed by atoms with E-state index in [1.165, 1.54) is 17.7 Å². The summed E-state index contributed by atoms with van der Waals surface area (Å²) in [5.74, 6) is -0.420. The Kier molecular flexibility index (Phi) is 6.88. The summed E-state index contributed by atoms with van der Waals surface area (Å²) >= 11 is 0. The maximum atomic E-state index is 13.0. The minimum atomic E-state index is -0.436. The molecule has 1 fully saturated rings. The summed E-state index contributed by atoms with van der Waals surface area (Å²) in [4.78, 5) is 26.8. The number of hydrazine groups is 1. The molecule has 4 rings (SSSR count). The minimum Gasteiger partial charge on any atom is -0.489 e. The molecule has 1 aliphatic rings. The molecule has 0 saturated carbocycles. The summed E-state index contributed by atoms with van der Waals surface area (Å²) in [5.41, 5.74) is 9.10. The van der Waals surface area contributed by atoms with Crippen LogP contribution in [0.1, 0.15) is 24.5 Å². The molecule has 1 atom stereocenters. The van der Waals surface area contributed by atoms with E-state index >= 15 is 0 Å². The van der Waals surface area contributed by atoms with Crippen molar-refractivity contribution in [3.63, 3.8) is 0 Å². The molecule has 2 N–H and O–H groups in total.